The molecule has 0 aliphatic rings. The van der Waals surface area contributed by atoms with Crippen molar-refractivity contribution in [1.82, 2.24) is 0 Å². The van der Waals surface area contributed by atoms with Crippen LogP contribution in [0.5, 0.6) is 11.5 Å². The predicted molar refractivity (Wildman–Crippen MR) is 121 cm³/mol. The maximum atomic E-state index is 10.6. The molecule has 0 saturated carbocycles. The van der Waals surface area contributed by atoms with Gasteiger partial charge in [-0.05, 0) is 62.4 Å². The lowest BCUT2D eigenvalue weighted by atomic mass is 9.89. The van der Waals surface area contributed by atoms with Gasteiger partial charge in [-0.1, -0.05) is 31.9 Å². The summed E-state index contributed by atoms with van der Waals surface area (Å²) < 4.78 is 5.98. The summed E-state index contributed by atoms with van der Waals surface area (Å²) >= 11 is 0. The molecule has 156 valence electrons. The Labute approximate surface area is 175 Å². The Bertz CT molecular complexity index is 833. The summed E-state index contributed by atoms with van der Waals surface area (Å²) in [6.45, 7) is 6.68. The van der Waals surface area contributed by atoms with Crippen LogP contribution in [0.4, 0.5) is 5.69 Å². The van der Waals surface area contributed by atoms with Crippen molar-refractivity contribution in [2.45, 2.75) is 52.9 Å². The topological polar surface area (TPSA) is 56.5 Å². The molecule has 0 saturated heterocycles. The molecule has 0 aliphatic carbocycles. The number of hydrogen-bond donors (Lipinski definition) is 1. The van der Waals surface area contributed by atoms with Crippen LogP contribution in [0.1, 0.15) is 52.0 Å². The first-order valence-corrected chi connectivity index (χ1v) is 10.4. The Morgan fingerprint density at radius 2 is 1.76 bits per heavy atom. The van der Waals surface area contributed by atoms with E-state index in [2.05, 4.69) is 30.0 Å². The van der Waals surface area contributed by atoms with Gasteiger partial charge in [0.05, 0.1) is 18.1 Å². The minimum atomic E-state index is -0.247. The third-order valence-electron chi connectivity index (χ3n) is 5.26. The first-order valence-electron chi connectivity index (χ1n) is 10.4. The van der Waals surface area contributed by atoms with Gasteiger partial charge in [-0.15, -0.1) is 0 Å². The van der Waals surface area contributed by atoms with Gasteiger partial charge in [0.25, 0.3) is 0 Å². The minimum absolute atomic E-state index is 0.241. The van der Waals surface area contributed by atoms with Gasteiger partial charge in [-0.25, -0.2) is 0 Å². The van der Waals surface area contributed by atoms with Crippen molar-refractivity contribution in [2.24, 2.45) is 5.41 Å². The maximum absolute atomic E-state index is 10.6. The van der Waals surface area contributed by atoms with Crippen molar-refractivity contribution in [1.29, 1.82) is 5.26 Å². The van der Waals surface area contributed by atoms with E-state index in [1.807, 2.05) is 46.1 Å². The molecule has 0 aliphatic heterocycles. The maximum Gasteiger partial charge on any atom is 0.127 e. The number of ether oxygens (including phenoxy) is 1. The number of rotatable bonds is 10. The normalized spacial score (nSPS) is 11.2. The van der Waals surface area contributed by atoms with Crippen LogP contribution in [-0.2, 0) is 6.42 Å². The second-order valence-corrected chi connectivity index (χ2v) is 8.43. The Hall–Kier alpha value is -2.67. The third kappa shape index (κ3) is 6.42. The van der Waals surface area contributed by atoms with Crippen LogP contribution in [0.2, 0.25) is 0 Å². The number of benzene rings is 2. The van der Waals surface area contributed by atoms with E-state index < -0.39 is 0 Å². The molecule has 0 bridgehead atoms. The molecule has 0 aromatic heterocycles. The molecule has 0 radical (unpaired) electrons. The summed E-state index contributed by atoms with van der Waals surface area (Å²) in [5.74, 6) is 1.00. The molecule has 1 N–H and O–H groups in total. The van der Waals surface area contributed by atoms with Gasteiger partial charge in [0.1, 0.15) is 11.5 Å². The molecule has 4 heteroatoms. The number of phenolic OH excluding ortho intramolecular Hbond substituents is 1. The average Bonchev–Trinajstić information content (AvgIpc) is 2.70. The fourth-order valence-corrected chi connectivity index (χ4v) is 3.28. The predicted octanol–water partition coefficient (Wildman–Crippen LogP) is 6.18. The summed E-state index contributed by atoms with van der Waals surface area (Å²) in [6, 6.07) is 14.3. The van der Waals surface area contributed by atoms with E-state index in [1.54, 1.807) is 6.07 Å². The van der Waals surface area contributed by atoms with Crippen molar-refractivity contribution in [3.8, 4) is 28.7 Å². The van der Waals surface area contributed by atoms with Crippen molar-refractivity contribution >= 4 is 5.69 Å². The lowest BCUT2D eigenvalue weighted by molar-refractivity contribution is 0.296. The van der Waals surface area contributed by atoms with E-state index in [9.17, 15) is 5.11 Å². The summed E-state index contributed by atoms with van der Waals surface area (Å²) in [5.41, 5.74) is 3.80. The Balaban J connectivity index is 2.00. The van der Waals surface area contributed by atoms with Gasteiger partial charge in [-0.3, -0.25) is 0 Å². The zero-order chi connectivity index (χ0) is 21.4. The number of hydrogen-bond acceptors (Lipinski definition) is 4. The van der Waals surface area contributed by atoms with Crippen LogP contribution >= 0.6 is 0 Å². The number of aryl methyl sites for hydroxylation is 1. The minimum Gasteiger partial charge on any atom is -0.507 e. The Kier molecular flexibility index (Phi) is 7.96. The fraction of sp³-hybridized carbons (Fsp3) is 0.480. The van der Waals surface area contributed by atoms with Crippen LogP contribution < -0.4 is 9.64 Å². The molecule has 2 aromatic rings. The van der Waals surface area contributed by atoms with E-state index in [4.69, 9.17) is 10.00 Å². The van der Waals surface area contributed by atoms with E-state index >= 15 is 0 Å². The quantitative estimate of drug-likeness (QED) is 0.489. The highest BCUT2D eigenvalue weighted by molar-refractivity contribution is 5.74. The van der Waals surface area contributed by atoms with Gasteiger partial charge in [0.15, 0.2) is 0 Å². The van der Waals surface area contributed by atoms with Crippen LogP contribution in [0.15, 0.2) is 36.4 Å². The molecule has 29 heavy (non-hydrogen) atoms. The first-order chi connectivity index (χ1) is 13.8. The number of anilines is 1. The molecule has 0 unspecified atom stereocenters. The number of nitriles is 1. The standard InChI is InChI=1S/C25H34N2O2/c1-6-19-16-22(20-10-12-21(13-11-20)27(4)5)23(28)17-24(19)29-15-9-7-8-14-25(2,3)18-26/h10-13,16-17,28H,6-9,14-15H2,1-5H3. The largest absolute Gasteiger partial charge is 0.507 e. The molecule has 0 heterocycles. The molecule has 4 nitrogen and oxygen atoms in total. The number of unbranched alkanes of at least 4 members (excludes halogenated alkanes) is 2. The highest BCUT2D eigenvalue weighted by atomic mass is 16.5. The van der Waals surface area contributed by atoms with E-state index in [1.165, 1.54) is 0 Å². The Morgan fingerprint density at radius 1 is 1.07 bits per heavy atom. The van der Waals surface area contributed by atoms with Crippen LogP contribution in [0.3, 0.4) is 0 Å². The van der Waals surface area contributed by atoms with Gasteiger partial charge in [0.2, 0.25) is 0 Å². The van der Waals surface area contributed by atoms with E-state index in [0.29, 0.717) is 6.61 Å². The second-order valence-electron chi connectivity index (χ2n) is 8.43. The van der Waals surface area contributed by atoms with Crippen molar-refractivity contribution < 1.29 is 9.84 Å². The molecule has 0 spiro atoms. The summed E-state index contributed by atoms with van der Waals surface area (Å²) in [5, 5.41) is 19.7. The fourth-order valence-electron chi connectivity index (χ4n) is 3.28. The number of aromatic hydroxyl groups is 1. The lowest BCUT2D eigenvalue weighted by Crippen LogP contribution is -2.08. The highest BCUT2D eigenvalue weighted by Crippen LogP contribution is 2.36. The summed E-state index contributed by atoms with van der Waals surface area (Å²) in [6.07, 6.45) is 4.76. The zero-order valence-electron chi connectivity index (χ0n) is 18.5. The molecule has 2 aromatic carbocycles. The monoisotopic (exact) mass is 394 g/mol. The van der Waals surface area contributed by atoms with Gasteiger partial charge in [-0.2, -0.15) is 5.26 Å². The third-order valence-corrected chi connectivity index (χ3v) is 5.26. The van der Waals surface area contributed by atoms with Crippen LogP contribution in [0.25, 0.3) is 11.1 Å². The Morgan fingerprint density at radius 3 is 2.34 bits per heavy atom. The van der Waals surface area contributed by atoms with Gasteiger partial charge in [0, 0.05) is 31.4 Å². The number of phenols is 1. The summed E-state index contributed by atoms with van der Waals surface area (Å²) in [7, 11) is 4.02. The van der Waals surface area contributed by atoms with Crippen molar-refractivity contribution in [2.75, 3.05) is 25.6 Å². The van der Waals surface area contributed by atoms with Gasteiger partial charge < -0.3 is 14.7 Å². The number of nitrogens with zero attached hydrogens (tertiary/aromatic N) is 2. The molecule has 0 fully saturated rings. The molecule has 2 rings (SSSR count). The average molecular weight is 395 g/mol. The van der Waals surface area contributed by atoms with Crippen molar-refractivity contribution in [3.63, 3.8) is 0 Å². The highest BCUT2D eigenvalue weighted by Gasteiger charge is 2.15. The molecule has 0 amide bonds. The lowest BCUT2D eigenvalue weighted by Gasteiger charge is -2.16. The molecule has 0 atom stereocenters. The molecular weight excluding hydrogens is 360 g/mol. The second kappa shape index (κ2) is 10.2. The van der Waals surface area contributed by atoms with Gasteiger partial charge >= 0.3 is 0 Å². The van der Waals surface area contributed by atoms with Crippen LogP contribution in [0, 0.1) is 16.7 Å². The van der Waals surface area contributed by atoms with Crippen LogP contribution in [-0.4, -0.2) is 25.8 Å². The van der Waals surface area contributed by atoms with E-state index in [-0.39, 0.29) is 11.2 Å². The summed E-state index contributed by atoms with van der Waals surface area (Å²) in [4.78, 5) is 2.05. The van der Waals surface area contributed by atoms with Crippen molar-refractivity contribution in [3.05, 3.63) is 42.0 Å². The van der Waals surface area contributed by atoms with E-state index in [0.717, 1.165) is 60.2 Å². The SMILES string of the molecule is CCc1cc(-c2ccc(N(C)C)cc2)c(O)cc1OCCCCCC(C)(C)C#N. The molecular formula is C25H34N2O2. The smallest absolute Gasteiger partial charge is 0.127 e. The first kappa shape index (κ1) is 22.6. The zero-order valence-corrected chi connectivity index (χ0v) is 18.5.